The normalized spacial score (nSPS) is 13.8. The smallest absolute Gasteiger partial charge is 0.342 e. The summed E-state index contributed by atoms with van der Waals surface area (Å²) in [6, 6.07) is 5.56. The van der Waals surface area contributed by atoms with E-state index in [4.69, 9.17) is 5.26 Å². The molecule has 1 aliphatic carbocycles. The van der Waals surface area contributed by atoms with Crippen molar-refractivity contribution in [1.29, 1.82) is 5.26 Å². The highest BCUT2D eigenvalue weighted by molar-refractivity contribution is 5.78. The molecule has 0 radical (unpaired) electrons. The lowest BCUT2D eigenvalue weighted by atomic mass is 10.1. The van der Waals surface area contributed by atoms with Gasteiger partial charge in [0.25, 0.3) is 5.56 Å². The highest BCUT2D eigenvalue weighted by Crippen LogP contribution is 2.37. The molecule has 0 spiro atoms. The van der Waals surface area contributed by atoms with Gasteiger partial charge >= 0.3 is 6.18 Å². The van der Waals surface area contributed by atoms with E-state index < -0.39 is 17.3 Å². The molecule has 0 bridgehead atoms. The van der Waals surface area contributed by atoms with Gasteiger partial charge in [0.15, 0.2) is 0 Å². The van der Waals surface area contributed by atoms with Gasteiger partial charge in [-0.25, -0.2) is 5.10 Å². The Morgan fingerprint density at radius 2 is 1.92 bits per heavy atom. The Hall–Kier alpha value is -3.26. The molecule has 0 aromatic carbocycles. The van der Waals surface area contributed by atoms with Crippen LogP contribution in [0, 0.1) is 18.3 Å². The number of fused-ring (bicyclic) bond motifs is 1. The zero-order valence-electron chi connectivity index (χ0n) is 23.6. The monoisotopic (exact) mass is 550 g/mol. The van der Waals surface area contributed by atoms with Gasteiger partial charge in [0.05, 0.1) is 17.8 Å². The van der Waals surface area contributed by atoms with Crippen LogP contribution in [0.1, 0.15) is 93.8 Å². The molecule has 3 rings (SSSR count). The van der Waals surface area contributed by atoms with Gasteiger partial charge in [-0.3, -0.25) is 14.6 Å². The van der Waals surface area contributed by atoms with Crippen LogP contribution >= 0.6 is 0 Å². The number of carbonyl (C=O) groups excluding carboxylic acids is 1. The minimum Gasteiger partial charge on any atom is -0.342 e. The Bertz CT molecular complexity index is 1110. The van der Waals surface area contributed by atoms with Gasteiger partial charge in [-0.1, -0.05) is 40.5 Å². The van der Waals surface area contributed by atoms with Crippen LogP contribution < -0.4 is 10.9 Å². The first-order valence-electron chi connectivity index (χ1n) is 13.6. The number of carbonyl (C=O) groups is 1. The maximum Gasteiger partial charge on any atom is 0.422 e. The molecule has 1 amide bonds. The Morgan fingerprint density at radius 3 is 2.49 bits per heavy atom. The van der Waals surface area contributed by atoms with Crippen molar-refractivity contribution < 1.29 is 18.0 Å². The average molecular weight is 551 g/mol. The van der Waals surface area contributed by atoms with Gasteiger partial charge in [-0.15, -0.1) is 0 Å². The Labute approximate surface area is 229 Å². The van der Waals surface area contributed by atoms with E-state index in [0.29, 0.717) is 25.1 Å². The van der Waals surface area contributed by atoms with E-state index in [1.165, 1.54) is 0 Å². The van der Waals surface area contributed by atoms with E-state index in [2.05, 4.69) is 22.3 Å². The van der Waals surface area contributed by atoms with Crippen LogP contribution in [-0.2, 0) is 17.4 Å². The number of amides is 1. The molecule has 2 aromatic heterocycles. The fraction of sp³-hybridized carbons (Fsp3) is 0.607. The quantitative estimate of drug-likeness (QED) is 0.397. The molecule has 216 valence electrons. The summed E-state index contributed by atoms with van der Waals surface area (Å²) < 4.78 is 39.5. The molecule has 1 atom stereocenters. The first-order chi connectivity index (χ1) is 18.6. The molecule has 1 unspecified atom stereocenters. The number of H-pyrrole nitrogens is 1. The van der Waals surface area contributed by atoms with Crippen molar-refractivity contribution in [3.05, 3.63) is 56.8 Å². The molecule has 2 N–H and O–H groups in total. The second-order valence-corrected chi connectivity index (χ2v) is 9.04. The zero-order chi connectivity index (χ0) is 29.4. The molecule has 11 heteroatoms. The summed E-state index contributed by atoms with van der Waals surface area (Å²) in [6.45, 7) is 11.9. The fourth-order valence-corrected chi connectivity index (χ4v) is 4.23. The van der Waals surface area contributed by atoms with Gasteiger partial charge in [0.2, 0.25) is 5.91 Å². The van der Waals surface area contributed by atoms with Crippen LogP contribution in [0.5, 0.6) is 0 Å². The van der Waals surface area contributed by atoms with Crippen molar-refractivity contribution in [2.24, 2.45) is 0 Å². The lowest BCUT2D eigenvalue weighted by Gasteiger charge is -2.23. The minimum absolute atomic E-state index is 0.00146. The van der Waals surface area contributed by atoms with E-state index in [0.717, 1.165) is 37.9 Å². The van der Waals surface area contributed by atoms with E-state index in [1.807, 2.05) is 49.8 Å². The van der Waals surface area contributed by atoms with E-state index >= 15 is 0 Å². The van der Waals surface area contributed by atoms with Gasteiger partial charge in [-0.05, 0) is 50.3 Å². The summed E-state index contributed by atoms with van der Waals surface area (Å²) in [7, 11) is 0. The molecular formula is C28H41F3N6O2. The summed E-state index contributed by atoms with van der Waals surface area (Å²) in [5, 5.41) is 17.2. The SMILES string of the molecule is CC.CCCCCN(CCC)C(=O)CNCC1CCc2c1n[nH]c(=O)c2C(F)(F)F.Cc1ccc(C#N)cn1. The maximum atomic E-state index is 13.2. The van der Waals surface area contributed by atoms with E-state index in [9.17, 15) is 22.8 Å². The van der Waals surface area contributed by atoms with Crippen molar-refractivity contribution in [3.8, 4) is 6.07 Å². The summed E-state index contributed by atoms with van der Waals surface area (Å²) in [6.07, 6.45) is 1.52. The number of aromatic nitrogens is 3. The lowest BCUT2D eigenvalue weighted by molar-refractivity contribution is -0.139. The van der Waals surface area contributed by atoms with Gasteiger partial charge in [-0.2, -0.15) is 23.5 Å². The van der Waals surface area contributed by atoms with Crippen molar-refractivity contribution in [2.45, 2.75) is 85.2 Å². The van der Waals surface area contributed by atoms with Crippen LogP contribution in [0.2, 0.25) is 0 Å². The Morgan fingerprint density at radius 1 is 1.21 bits per heavy atom. The lowest BCUT2D eigenvalue weighted by Crippen LogP contribution is -2.40. The molecule has 0 saturated heterocycles. The first kappa shape index (κ1) is 33.8. The number of alkyl halides is 3. The molecule has 0 fully saturated rings. The van der Waals surface area contributed by atoms with Crippen LogP contribution in [0.3, 0.4) is 0 Å². The largest absolute Gasteiger partial charge is 0.422 e. The van der Waals surface area contributed by atoms with E-state index in [-0.39, 0.29) is 36.0 Å². The number of aromatic amines is 1. The minimum atomic E-state index is -4.70. The third kappa shape index (κ3) is 10.8. The van der Waals surface area contributed by atoms with Gasteiger partial charge in [0, 0.05) is 37.4 Å². The molecule has 1 aliphatic rings. The van der Waals surface area contributed by atoms with Crippen LogP contribution in [0.4, 0.5) is 13.2 Å². The molecule has 39 heavy (non-hydrogen) atoms. The van der Waals surface area contributed by atoms with Crippen molar-refractivity contribution >= 4 is 5.91 Å². The van der Waals surface area contributed by atoms with Gasteiger partial charge < -0.3 is 10.2 Å². The standard InChI is InChI=1S/C19H29F3N4O2.C7H6N2.C2H6/c1-3-5-6-10-26(9-4-2)15(27)12-23-11-13-7-8-14-16(19(20,21)22)18(28)25-24-17(13)14;1-6-2-3-7(4-8)5-9-6;1-2/h13,23H,3-12H2,1-2H3,(H,25,28);2-3,5H,1H3;1-2H3. The number of pyridine rings is 1. The second-order valence-electron chi connectivity index (χ2n) is 9.04. The summed E-state index contributed by atoms with van der Waals surface area (Å²) in [5.74, 6) is -0.248. The number of hydrogen-bond acceptors (Lipinski definition) is 6. The Kier molecular flexibility index (Phi) is 15.0. The average Bonchev–Trinajstić information content (AvgIpc) is 3.31. The molecule has 0 aliphatic heterocycles. The number of nitrogens with one attached hydrogen (secondary N) is 2. The number of halogens is 3. The highest BCUT2D eigenvalue weighted by Gasteiger charge is 2.41. The van der Waals surface area contributed by atoms with E-state index in [1.54, 1.807) is 12.3 Å². The first-order valence-corrected chi connectivity index (χ1v) is 13.6. The van der Waals surface area contributed by atoms with Crippen LogP contribution in [-0.4, -0.2) is 52.2 Å². The van der Waals surface area contributed by atoms with Crippen molar-refractivity contribution in [2.75, 3.05) is 26.2 Å². The van der Waals surface area contributed by atoms with Crippen LogP contribution in [0.15, 0.2) is 23.1 Å². The van der Waals surface area contributed by atoms with Crippen molar-refractivity contribution in [1.82, 2.24) is 25.4 Å². The molecule has 8 nitrogen and oxygen atoms in total. The maximum absolute atomic E-state index is 13.2. The summed E-state index contributed by atoms with van der Waals surface area (Å²) in [5.41, 5.74) is -0.519. The second kappa shape index (κ2) is 17.4. The molecule has 0 saturated carbocycles. The summed E-state index contributed by atoms with van der Waals surface area (Å²) in [4.78, 5) is 29.8. The predicted octanol–water partition coefficient (Wildman–Crippen LogP) is 5.12. The van der Waals surface area contributed by atoms with Crippen LogP contribution in [0.25, 0.3) is 0 Å². The predicted molar refractivity (Wildman–Crippen MR) is 145 cm³/mol. The molecule has 2 heterocycles. The number of unbranched alkanes of at least 4 members (excludes halogenated alkanes) is 2. The number of hydrogen-bond donors (Lipinski definition) is 2. The number of rotatable bonds is 10. The zero-order valence-corrected chi connectivity index (χ0v) is 23.6. The van der Waals surface area contributed by atoms with Gasteiger partial charge in [0.1, 0.15) is 11.6 Å². The third-order valence-electron chi connectivity index (χ3n) is 6.11. The number of aryl methyl sites for hydroxylation is 1. The Balaban J connectivity index is 0.000000578. The molecular weight excluding hydrogens is 509 g/mol. The highest BCUT2D eigenvalue weighted by atomic mass is 19.4. The fourth-order valence-electron chi connectivity index (χ4n) is 4.23. The number of nitriles is 1. The summed E-state index contributed by atoms with van der Waals surface area (Å²) >= 11 is 0. The number of nitrogens with zero attached hydrogens (tertiary/aromatic N) is 4. The van der Waals surface area contributed by atoms with Crippen molar-refractivity contribution in [3.63, 3.8) is 0 Å². The topological polar surface area (TPSA) is 115 Å². The third-order valence-corrected chi connectivity index (χ3v) is 6.11. The molecule has 2 aromatic rings.